The van der Waals surface area contributed by atoms with E-state index in [9.17, 15) is 4.79 Å². The molecule has 1 heterocycles. The summed E-state index contributed by atoms with van der Waals surface area (Å²) in [5, 5.41) is 12.2. The van der Waals surface area contributed by atoms with Gasteiger partial charge in [0.1, 0.15) is 0 Å². The van der Waals surface area contributed by atoms with Crippen molar-refractivity contribution in [2.45, 2.75) is 39.7 Å². The second-order valence-electron chi connectivity index (χ2n) is 5.79. The van der Waals surface area contributed by atoms with Gasteiger partial charge in [0.05, 0.1) is 13.5 Å². The maximum Gasteiger partial charge on any atom is 0.305 e. The summed E-state index contributed by atoms with van der Waals surface area (Å²) in [4.78, 5) is 15.0. The molecule has 0 bridgehead atoms. The van der Waals surface area contributed by atoms with E-state index in [1.54, 1.807) is 25.4 Å². The molecule has 0 aromatic carbocycles. The number of methoxy groups -OCH3 is 1. The number of carbonyl (C=O) groups is 1. The molecule has 0 aliphatic heterocycles. The summed E-state index contributed by atoms with van der Waals surface area (Å²) in [5.41, 5.74) is 0.881. The van der Waals surface area contributed by atoms with Crippen molar-refractivity contribution in [1.82, 2.24) is 4.98 Å². The number of carboxylic acid groups (broad SMARTS) is 1. The number of hydrogen-bond acceptors (Lipinski definition) is 4. The van der Waals surface area contributed by atoms with Gasteiger partial charge in [-0.3, -0.25) is 4.79 Å². The van der Waals surface area contributed by atoms with Crippen LogP contribution in [0, 0.1) is 5.41 Å². The molecule has 0 fully saturated rings. The molecule has 1 aromatic heterocycles. The highest BCUT2D eigenvalue weighted by Crippen LogP contribution is 2.25. The second-order valence-corrected chi connectivity index (χ2v) is 5.79. The Morgan fingerprint density at radius 3 is 2.74 bits per heavy atom. The number of aromatic nitrogens is 1. The summed E-state index contributed by atoms with van der Waals surface area (Å²) in [6, 6.07) is 3.45. The summed E-state index contributed by atoms with van der Waals surface area (Å²) in [7, 11) is 1.55. The largest absolute Gasteiger partial charge is 0.481 e. The van der Waals surface area contributed by atoms with E-state index in [4.69, 9.17) is 9.84 Å². The van der Waals surface area contributed by atoms with Crippen LogP contribution in [0.5, 0.6) is 5.88 Å². The third-order valence-corrected chi connectivity index (χ3v) is 2.59. The SMILES string of the molecule is COc1cc(NC(CC(=O)O)CC(C)(C)C)ccn1. The van der Waals surface area contributed by atoms with Gasteiger partial charge in [-0.05, 0) is 17.9 Å². The monoisotopic (exact) mass is 266 g/mol. The standard InChI is InChI=1S/C14H22N2O3/c1-14(2,3)9-11(8-13(17)18)16-10-5-6-15-12(7-10)19-4/h5-7,11H,8-9H2,1-4H3,(H,15,16)(H,17,18). The molecule has 1 aromatic rings. The number of ether oxygens (including phenoxy) is 1. The van der Waals surface area contributed by atoms with Crippen molar-refractivity contribution in [3.63, 3.8) is 0 Å². The van der Waals surface area contributed by atoms with Crippen LogP contribution >= 0.6 is 0 Å². The Balaban J connectivity index is 2.77. The summed E-state index contributed by atoms with van der Waals surface area (Å²) in [6.07, 6.45) is 2.49. The Hall–Kier alpha value is -1.78. The smallest absolute Gasteiger partial charge is 0.305 e. The van der Waals surface area contributed by atoms with Gasteiger partial charge in [-0.1, -0.05) is 20.8 Å². The van der Waals surface area contributed by atoms with E-state index in [0.717, 1.165) is 12.1 Å². The lowest BCUT2D eigenvalue weighted by Gasteiger charge is -2.26. The molecule has 0 aliphatic carbocycles. The van der Waals surface area contributed by atoms with Crippen molar-refractivity contribution in [3.05, 3.63) is 18.3 Å². The molecular formula is C14H22N2O3. The number of aliphatic carboxylic acids is 1. The molecule has 0 aliphatic rings. The first kappa shape index (κ1) is 15.3. The van der Waals surface area contributed by atoms with Crippen molar-refractivity contribution in [3.8, 4) is 5.88 Å². The molecule has 106 valence electrons. The van der Waals surface area contributed by atoms with Crippen molar-refractivity contribution in [1.29, 1.82) is 0 Å². The van der Waals surface area contributed by atoms with Gasteiger partial charge in [-0.25, -0.2) is 4.98 Å². The van der Waals surface area contributed by atoms with Gasteiger partial charge in [0, 0.05) is 24.0 Å². The zero-order chi connectivity index (χ0) is 14.5. The maximum absolute atomic E-state index is 10.9. The fourth-order valence-electron chi connectivity index (χ4n) is 1.97. The van der Waals surface area contributed by atoms with Gasteiger partial charge in [-0.15, -0.1) is 0 Å². The lowest BCUT2D eigenvalue weighted by Crippen LogP contribution is -2.28. The van der Waals surface area contributed by atoms with Gasteiger partial charge in [0.2, 0.25) is 5.88 Å². The van der Waals surface area contributed by atoms with Crippen molar-refractivity contribution in [2.75, 3.05) is 12.4 Å². The number of pyridine rings is 1. The van der Waals surface area contributed by atoms with Crippen molar-refractivity contribution >= 4 is 11.7 Å². The van der Waals surface area contributed by atoms with Crippen LogP contribution in [0.15, 0.2) is 18.3 Å². The zero-order valence-corrected chi connectivity index (χ0v) is 11.9. The molecule has 0 amide bonds. The summed E-state index contributed by atoms with van der Waals surface area (Å²) >= 11 is 0. The maximum atomic E-state index is 10.9. The Morgan fingerprint density at radius 2 is 2.21 bits per heavy atom. The van der Waals surface area contributed by atoms with Crippen LogP contribution in [-0.2, 0) is 4.79 Å². The van der Waals surface area contributed by atoms with E-state index in [2.05, 4.69) is 31.1 Å². The first-order valence-corrected chi connectivity index (χ1v) is 6.28. The first-order valence-electron chi connectivity index (χ1n) is 6.28. The molecule has 19 heavy (non-hydrogen) atoms. The van der Waals surface area contributed by atoms with Crippen molar-refractivity contribution in [2.24, 2.45) is 5.41 Å². The lowest BCUT2D eigenvalue weighted by atomic mass is 9.87. The number of nitrogens with zero attached hydrogens (tertiary/aromatic N) is 1. The third kappa shape index (κ3) is 6.08. The molecule has 5 nitrogen and oxygen atoms in total. The van der Waals surface area contributed by atoms with E-state index in [0.29, 0.717) is 5.88 Å². The van der Waals surface area contributed by atoms with Gasteiger partial charge in [0.25, 0.3) is 0 Å². The molecule has 2 N–H and O–H groups in total. The number of hydrogen-bond donors (Lipinski definition) is 2. The van der Waals surface area contributed by atoms with Crippen LogP contribution in [0.3, 0.4) is 0 Å². The quantitative estimate of drug-likeness (QED) is 0.828. The predicted molar refractivity (Wildman–Crippen MR) is 74.5 cm³/mol. The molecule has 1 unspecified atom stereocenters. The molecule has 5 heteroatoms. The average molecular weight is 266 g/mol. The molecule has 0 saturated heterocycles. The highest BCUT2D eigenvalue weighted by molar-refractivity contribution is 5.68. The minimum absolute atomic E-state index is 0.0598. The highest BCUT2D eigenvalue weighted by atomic mass is 16.5. The fraction of sp³-hybridized carbons (Fsp3) is 0.571. The molecule has 1 rings (SSSR count). The van der Waals surface area contributed by atoms with Crippen LogP contribution in [-0.4, -0.2) is 29.2 Å². The van der Waals surface area contributed by atoms with Crippen LogP contribution in [0.2, 0.25) is 0 Å². The number of nitrogens with one attached hydrogen (secondary N) is 1. The Labute approximate surface area is 114 Å². The van der Waals surface area contributed by atoms with Crippen molar-refractivity contribution < 1.29 is 14.6 Å². The summed E-state index contributed by atoms with van der Waals surface area (Å²) < 4.78 is 5.05. The third-order valence-electron chi connectivity index (χ3n) is 2.59. The molecule has 0 saturated carbocycles. The Bertz CT molecular complexity index is 427. The van der Waals surface area contributed by atoms with Gasteiger partial charge < -0.3 is 15.2 Å². The Morgan fingerprint density at radius 1 is 1.53 bits per heavy atom. The van der Waals surface area contributed by atoms with Crippen LogP contribution in [0.1, 0.15) is 33.6 Å². The van der Waals surface area contributed by atoms with E-state index in [-0.39, 0.29) is 17.9 Å². The topological polar surface area (TPSA) is 71.5 Å². The number of anilines is 1. The highest BCUT2D eigenvalue weighted by Gasteiger charge is 2.21. The number of carboxylic acids is 1. The van der Waals surface area contributed by atoms with E-state index in [1.165, 1.54) is 0 Å². The van der Waals surface area contributed by atoms with Gasteiger partial charge >= 0.3 is 5.97 Å². The summed E-state index contributed by atoms with van der Waals surface area (Å²) in [5.74, 6) is -0.294. The van der Waals surface area contributed by atoms with E-state index in [1.807, 2.05) is 0 Å². The summed E-state index contributed by atoms with van der Waals surface area (Å²) in [6.45, 7) is 6.28. The fourth-order valence-corrected chi connectivity index (χ4v) is 1.97. The Kier molecular flexibility index (Phi) is 5.15. The van der Waals surface area contributed by atoms with Gasteiger partial charge in [0.15, 0.2) is 0 Å². The van der Waals surface area contributed by atoms with Crippen LogP contribution < -0.4 is 10.1 Å². The number of rotatable bonds is 6. The normalized spacial score (nSPS) is 12.8. The molecule has 0 spiro atoms. The first-order chi connectivity index (χ1) is 8.80. The minimum atomic E-state index is -0.803. The zero-order valence-electron chi connectivity index (χ0n) is 11.9. The minimum Gasteiger partial charge on any atom is -0.481 e. The van der Waals surface area contributed by atoms with E-state index >= 15 is 0 Å². The van der Waals surface area contributed by atoms with Crippen LogP contribution in [0.25, 0.3) is 0 Å². The van der Waals surface area contributed by atoms with Gasteiger partial charge in [-0.2, -0.15) is 0 Å². The molecule has 0 radical (unpaired) electrons. The predicted octanol–water partition coefficient (Wildman–Crippen LogP) is 2.78. The molecule has 1 atom stereocenters. The average Bonchev–Trinajstić information content (AvgIpc) is 2.26. The van der Waals surface area contributed by atoms with E-state index < -0.39 is 5.97 Å². The second kappa shape index (κ2) is 6.41. The molecular weight excluding hydrogens is 244 g/mol. The van der Waals surface area contributed by atoms with Crippen LogP contribution in [0.4, 0.5) is 5.69 Å². The lowest BCUT2D eigenvalue weighted by molar-refractivity contribution is -0.137.